The van der Waals surface area contributed by atoms with E-state index in [0.29, 0.717) is 25.9 Å². The molecule has 1 unspecified atom stereocenters. The van der Waals surface area contributed by atoms with Crippen LogP contribution in [0, 0.1) is 0 Å². The van der Waals surface area contributed by atoms with Gasteiger partial charge < -0.3 is 14.2 Å². The topological polar surface area (TPSA) is 61.8 Å². The van der Waals surface area contributed by atoms with Crippen LogP contribution in [0.3, 0.4) is 0 Å². The molecule has 66 heavy (non-hydrogen) atoms. The Bertz CT molecular complexity index is 1350. The van der Waals surface area contributed by atoms with Gasteiger partial charge >= 0.3 is 11.9 Å². The van der Waals surface area contributed by atoms with Crippen molar-refractivity contribution in [3.8, 4) is 0 Å². The number of hydrogen-bond donors (Lipinski definition) is 0. The molecule has 0 aliphatic heterocycles. The van der Waals surface area contributed by atoms with Gasteiger partial charge in [-0.05, 0) is 116 Å². The molecule has 0 amide bonds. The van der Waals surface area contributed by atoms with E-state index in [-0.39, 0.29) is 25.2 Å². The van der Waals surface area contributed by atoms with Gasteiger partial charge in [0.25, 0.3) is 0 Å². The van der Waals surface area contributed by atoms with E-state index in [4.69, 9.17) is 14.2 Å². The van der Waals surface area contributed by atoms with Crippen molar-refractivity contribution in [1.82, 2.24) is 0 Å². The average Bonchev–Trinajstić information content (AvgIpc) is 3.32. The van der Waals surface area contributed by atoms with Crippen LogP contribution in [0.1, 0.15) is 226 Å². The molecule has 0 N–H and O–H groups in total. The molecule has 0 bridgehead atoms. The zero-order valence-corrected chi connectivity index (χ0v) is 42.9. The molecule has 0 saturated carbocycles. The van der Waals surface area contributed by atoms with Crippen LogP contribution < -0.4 is 0 Å². The van der Waals surface area contributed by atoms with Crippen molar-refractivity contribution in [3.05, 3.63) is 122 Å². The van der Waals surface area contributed by atoms with Crippen LogP contribution in [0.5, 0.6) is 0 Å². The van der Waals surface area contributed by atoms with Gasteiger partial charge in [-0.15, -0.1) is 0 Å². The Kier molecular flexibility index (Phi) is 52.5. The standard InChI is InChI=1S/C61H100O5/c1-4-7-10-13-16-19-22-25-28-30-31-32-34-36-39-42-45-48-51-54-60(62)65-58-59(57-64-56-53-50-47-44-41-38-35-29-26-23-20-17-14-11-8-5-2)66-61(63)55-52-49-46-43-40-37-33-27-24-21-18-15-12-9-6-3/h7,9-10,12,16,18-19,21,25-29,31-33,36,39,45,48,59H,4-6,8,11,13-15,17,20,22-24,30,34-35,37-38,40-44,46-47,49-58H2,1-3H3/b10-7-,12-9-,19-16-,21-18-,28-25-,29-26-,32-31-,33-27-,39-36-,48-45-. The number of carbonyl (C=O) groups excluding carboxylic acids is 2. The van der Waals surface area contributed by atoms with E-state index in [1.54, 1.807) is 0 Å². The lowest BCUT2D eigenvalue weighted by molar-refractivity contribution is -0.162. The highest BCUT2D eigenvalue weighted by Gasteiger charge is 2.17. The van der Waals surface area contributed by atoms with Crippen LogP contribution in [0.2, 0.25) is 0 Å². The largest absolute Gasteiger partial charge is 0.462 e. The number of ether oxygens (including phenoxy) is 3. The van der Waals surface area contributed by atoms with Gasteiger partial charge in [0.05, 0.1) is 6.61 Å². The van der Waals surface area contributed by atoms with Crippen LogP contribution in [0.4, 0.5) is 0 Å². The van der Waals surface area contributed by atoms with E-state index in [9.17, 15) is 9.59 Å². The van der Waals surface area contributed by atoms with E-state index in [2.05, 4.69) is 136 Å². The zero-order valence-electron chi connectivity index (χ0n) is 42.9. The molecule has 0 aromatic carbocycles. The van der Waals surface area contributed by atoms with Gasteiger partial charge in [-0.25, -0.2) is 0 Å². The summed E-state index contributed by atoms with van der Waals surface area (Å²) in [5, 5.41) is 0. The quantitative estimate of drug-likeness (QED) is 0.0346. The molecule has 1 atom stereocenters. The van der Waals surface area contributed by atoms with E-state index in [1.165, 1.54) is 89.9 Å². The first-order valence-electron chi connectivity index (χ1n) is 27.1. The van der Waals surface area contributed by atoms with Gasteiger partial charge in [-0.1, -0.05) is 219 Å². The molecule has 5 nitrogen and oxygen atoms in total. The molecule has 0 rings (SSSR count). The zero-order chi connectivity index (χ0) is 47.7. The van der Waals surface area contributed by atoms with E-state index in [1.807, 2.05) is 6.08 Å². The summed E-state index contributed by atoms with van der Waals surface area (Å²) in [6, 6.07) is 0. The second kappa shape index (κ2) is 55.6. The van der Waals surface area contributed by atoms with Crippen LogP contribution >= 0.6 is 0 Å². The Labute approximate surface area is 407 Å². The minimum Gasteiger partial charge on any atom is -0.462 e. The fourth-order valence-corrected chi connectivity index (χ4v) is 7.01. The lowest BCUT2D eigenvalue weighted by Crippen LogP contribution is -2.30. The first-order valence-corrected chi connectivity index (χ1v) is 27.1. The number of esters is 2. The van der Waals surface area contributed by atoms with Crippen molar-refractivity contribution in [3.63, 3.8) is 0 Å². The molecular weight excluding hydrogens is 813 g/mol. The Morgan fingerprint density at radius 2 is 0.712 bits per heavy atom. The third-order valence-corrected chi connectivity index (χ3v) is 11.0. The summed E-state index contributed by atoms with van der Waals surface area (Å²) in [6.07, 6.45) is 77.9. The first kappa shape index (κ1) is 62.3. The van der Waals surface area contributed by atoms with Gasteiger partial charge in [-0.3, -0.25) is 9.59 Å². The van der Waals surface area contributed by atoms with Crippen LogP contribution in [-0.4, -0.2) is 37.9 Å². The summed E-state index contributed by atoms with van der Waals surface area (Å²) in [7, 11) is 0. The molecule has 0 aromatic heterocycles. The highest BCUT2D eigenvalue weighted by atomic mass is 16.6. The first-order chi connectivity index (χ1) is 32.6. The normalized spacial score (nSPS) is 13.2. The number of allylic oxidation sites excluding steroid dienone is 20. The SMILES string of the molecule is CC/C=C\C/C=C\C/C=C\C/C=C\C/C=C\C/C=C\CCC(=O)OCC(COCCCCCCCC/C=C\CCCCCCCC)OC(=O)CCCCCCC/C=C\C/C=C\C/C=C\CC. The summed E-state index contributed by atoms with van der Waals surface area (Å²) in [5.74, 6) is -0.522. The van der Waals surface area contributed by atoms with E-state index in [0.717, 1.165) is 96.3 Å². The second-order valence-electron chi connectivity index (χ2n) is 17.4. The summed E-state index contributed by atoms with van der Waals surface area (Å²) in [5.41, 5.74) is 0. The summed E-state index contributed by atoms with van der Waals surface area (Å²) in [4.78, 5) is 25.4. The smallest absolute Gasteiger partial charge is 0.306 e. The van der Waals surface area contributed by atoms with Gasteiger partial charge in [0, 0.05) is 19.4 Å². The number of hydrogen-bond acceptors (Lipinski definition) is 5. The Morgan fingerprint density at radius 1 is 0.348 bits per heavy atom. The third kappa shape index (κ3) is 52.9. The average molecular weight is 913 g/mol. The minimum absolute atomic E-state index is 0.0287. The van der Waals surface area contributed by atoms with Crippen molar-refractivity contribution in [2.24, 2.45) is 0 Å². The summed E-state index contributed by atoms with van der Waals surface area (Å²) < 4.78 is 17.3. The van der Waals surface area contributed by atoms with Crippen molar-refractivity contribution >= 4 is 11.9 Å². The van der Waals surface area contributed by atoms with Gasteiger partial charge in [0.1, 0.15) is 6.61 Å². The van der Waals surface area contributed by atoms with Crippen molar-refractivity contribution in [2.75, 3.05) is 19.8 Å². The van der Waals surface area contributed by atoms with E-state index >= 15 is 0 Å². The van der Waals surface area contributed by atoms with Crippen molar-refractivity contribution in [1.29, 1.82) is 0 Å². The molecule has 374 valence electrons. The summed E-state index contributed by atoms with van der Waals surface area (Å²) >= 11 is 0. The Morgan fingerprint density at radius 3 is 1.17 bits per heavy atom. The molecule has 5 heteroatoms. The minimum atomic E-state index is -0.587. The molecule has 0 aromatic rings. The monoisotopic (exact) mass is 913 g/mol. The number of carbonyl (C=O) groups is 2. The molecule has 0 radical (unpaired) electrons. The Hall–Kier alpha value is -3.70. The number of rotatable bonds is 48. The fourth-order valence-electron chi connectivity index (χ4n) is 7.01. The molecule has 0 fully saturated rings. The summed E-state index contributed by atoms with van der Waals surface area (Å²) in [6.45, 7) is 7.48. The molecule has 0 aliphatic rings. The van der Waals surface area contributed by atoms with E-state index < -0.39 is 6.10 Å². The molecule has 0 saturated heterocycles. The van der Waals surface area contributed by atoms with Crippen LogP contribution in [-0.2, 0) is 23.8 Å². The predicted octanol–water partition coefficient (Wildman–Crippen LogP) is 18.6. The predicted molar refractivity (Wildman–Crippen MR) is 288 cm³/mol. The highest BCUT2D eigenvalue weighted by Crippen LogP contribution is 2.12. The lowest BCUT2D eigenvalue weighted by Gasteiger charge is -2.18. The second-order valence-corrected chi connectivity index (χ2v) is 17.4. The Balaban J connectivity index is 4.45. The molecule has 0 heterocycles. The van der Waals surface area contributed by atoms with Crippen LogP contribution in [0.15, 0.2) is 122 Å². The van der Waals surface area contributed by atoms with Crippen LogP contribution in [0.25, 0.3) is 0 Å². The molecular formula is C61H100O5. The number of unbranched alkanes of at least 4 members (excludes halogenated alkanes) is 17. The van der Waals surface area contributed by atoms with Gasteiger partial charge in [-0.2, -0.15) is 0 Å². The van der Waals surface area contributed by atoms with Crippen molar-refractivity contribution in [2.45, 2.75) is 232 Å². The molecule has 0 aliphatic carbocycles. The molecule has 0 spiro atoms. The maximum Gasteiger partial charge on any atom is 0.306 e. The van der Waals surface area contributed by atoms with Crippen molar-refractivity contribution < 1.29 is 23.8 Å². The van der Waals surface area contributed by atoms with Gasteiger partial charge in [0.2, 0.25) is 0 Å². The highest BCUT2D eigenvalue weighted by molar-refractivity contribution is 5.70. The lowest BCUT2D eigenvalue weighted by atomic mass is 10.1. The third-order valence-electron chi connectivity index (χ3n) is 11.0. The fraction of sp³-hybridized carbons (Fsp3) is 0.639. The maximum absolute atomic E-state index is 12.8. The van der Waals surface area contributed by atoms with Gasteiger partial charge in [0.15, 0.2) is 6.10 Å². The maximum atomic E-state index is 12.8.